The molecule has 2 saturated heterocycles. The van der Waals surface area contributed by atoms with Crippen molar-refractivity contribution in [1.82, 2.24) is 9.80 Å². The van der Waals surface area contributed by atoms with Gasteiger partial charge in [-0.15, -0.1) is 0 Å². The van der Waals surface area contributed by atoms with Gasteiger partial charge in [-0.05, 0) is 38.8 Å². The molecule has 0 unspecified atom stereocenters. The van der Waals surface area contributed by atoms with Gasteiger partial charge in [0.15, 0.2) is 11.4 Å². The minimum absolute atomic E-state index is 0. The second-order valence-electron chi connectivity index (χ2n) is 10.8. The Labute approximate surface area is 281 Å². The summed E-state index contributed by atoms with van der Waals surface area (Å²) in [6, 6.07) is 8.05. The topological polar surface area (TPSA) is 60.9 Å². The molecule has 0 aliphatic carbocycles. The molecule has 0 atom stereocenters. The summed E-state index contributed by atoms with van der Waals surface area (Å²) in [7, 11) is 1.70. The summed E-state index contributed by atoms with van der Waals surface area (Å²) in [4.78, 5) is 33.6. The van der Waals surface area contributed by atoms with E-state index < -0.39 is 0 Å². The van der Waals surface area contributed by atoms with Crippen molar-refractivity contribution in [3.63, 3.8) is 0 Å². The van der Waals surface area contributed by atoms with E-state index in [0.29, 0.717) is 13.1 Å². The smallest absolute Gasteiger partial charge is 0.288 e. The Balaban J connectivity index is 0.000000302. The highest BCUT2D eigenvalue weighted by Crippen LogP contribution is 2.28. The van der Waals surface area contributed by atoms with Gasteiger partial charge in [-0.3, -0.25) is 9.59 Å². The lowest BCUT2D eigenvalue weighted by Crippen LogP contribution is -3.00. The van der Waals surface area contributed by atoms with E-state index in [1.807, 2.05) is 33.5 Å². The van der Waals surface area contributed by atoms with E-state index >= 15 is 0 Å². The van der Waals surface area contributed by atoms with Crippen LogP contribution < -0.4 is 48.2 Å². The van der Waals surface area contributed by atoms with Crippen LogP contribution in [0.25, 0.3) is 0 Å². The highest BCUT2D eigenvalue weighted by molar-refractivity contribution is 7.09. The highest BCUT2D eigenvalue weighted by Gasteiger charge is 2.26. The third kappa shape index (κ3) is 9.89. The van der Waals surface area contributed by atoms with Crippen molar-refractivity contribution < 1.29 is 52.8 Å². The van der Waals surface area contributed by atoms with Gasteiger partial charge in [-0.2, -0.15) is 9.13 Å². The van der Waals surface area contributed by atoms with Gasteiger partial charge in [0.05, 0.1) is 22.6 Å². The van der Waals surface area contributed by atoms with Gasteiger partial charge in [-0.1, -0.05) is 47.6 Å². The normalized spacial score (nSPS) is 15.0. The number of ether oxygens (including phenoxy) is 1. The lowest BCUT2D eigenvalue weighted by atomic mass is 10.2. The van der Waals surface area contributed by atoms with E-state index in [1.165, 1.54) is 34.0 Å². The van der Waals surface area contributed by atoms with Crippen LogP contribution in [-0.2, 0) is 22.7 Å². The molecule has 2 amide bonds. The number of anilines is 1. The molecule has 0 N–H and O–H groups in total. The lowest BCUT2D eigenvalue weighted by molar-refractivity contribution is -0.686. The molecule has 0 radical (unpaired) electrons. The molecule has 0 spiro atoms. The Kier molecular flexibility index (Phi) is 15.4. The van der Waals surface area contributed by atoms with Gasteiger partial charge in [0.1, 0.15) is 5.75 Å². The zero-order valence-corrected chi connectivity index (χ0v) is 30.0. The Hall–Kier alpha value is -2.21. The predicted molar refractivity (Wildman–Crippen MR) is 165 cm³/mol. The summed E-state index contributed by atoms with van der Waals surface area (Å²) in [5.74, 6) is 1.36. The van der Waals surface area contributed by atoms with Crippen molar-refractivity contribution in [2.24, 2.45) is 0 Å². The standard InChI is InChI=1S/C18H24N3O2S.C13H21N2OS.BrH.ClH/c1-14-15(2)24-13-21(14)12-18(22)20-10-8-19(9-11-20)16-6-4-5-7-17(16)23-3;1-11-12(2)17-10-15(11)9-13(16)14-7-5-3-4-6-8-14;;/h4-7,13H,8-12H2,1-3H3;10H,3-9H2,1-2H3;2*1H/q2*+1;;/p-2. The maximum Gasteiger partial charge on any atom is 0.288 e. The predicted octanol–water partition coefficient (Wildman–Crippen LogP) is -1.93. The van der Waals surface area contributed by atoms with Crippen LogP contribution in [0.5, 0.6) is 5.75 Å². The van der Waals surface area contributed by atoms with Crippen LogP contribution in [0.2, 0.25) is 0 Å². The van der Waals surface area contributed by atoms with Gasteiger partial charge in [0.2, 0.25) is 24.1 Å². The molecule has 3 aromatic rings. The zero-order valence-electron chi connectivity index (χ0n) is 26.0. The first-order valence-electron chi connectivity index (χ1n) is 14.6. The number of thiazole rings is 2. The van der Waals surface area contributed by atoms with Crippen molar-refractivity contribution in [1.29, 1.82) is 0 Å². The SMILES string of the molecule is COc1ccccc1N1CCN(C(=O)C[n+]2csc(C)c2C)CC1.Cc1sc[n+](CC(=O)N2CCCCCC2)c1C.[Br-].[Cl-]. The summed E-state index contributed by atoms with van der Waals surface area (Å²) in [5, 5.41) is 0. The van der Waals surface area contributed by atoms with Crippen molar-refractivity contribution in [3.8, 4) is 5.75 Å². The van der Waals surface area contributed by atoms with Crippen LogP contribution >= 0.6 is 22.7 Å². The van der Waals surface area contributed by atoms with Crippen LogP contribution in [0.3, 0.4) is 0 Å². The number of hydrogen-bond donors (Lipinski definition) is 0. The summed E-state index contributed by atoms with van der Waals surface area (Å²) in [6.07, 6.45) is 4.87. The second-order valence-corrected chi connectivity index (χ2v) is 12.9. The number of carbonyl (C=O) groups is 2. The molecule has 43 heavy (non-hydrogen) atoms. The molecule has 238 valence electrons. The van der Waals surface area contributed by atoms with Gasteiger partial charge in [-0.25, -0.2) is 0 Å². The first-order chi connectivity index (χ1) is 19.8. The number of rotatable bonds is 6. The third-order valence-electron chi connectivity index (χ3n) is 8.22. The van der Waals surface area contributed by atoms with Crippen LogP contribution in [0, 0.1) is 27.7 Å². The molecule has 12 heteroatoms. The number of halogens is 2. The second kappa shape index (κ2) is 17.9. The van der Waals surface area contributed by atoms with E-state index in [9.17, 15) is 9.59 Å². The minimum atomic E-state index is 0. The molecular formula is C31H45BrClN5O3S2. The van der Waals surface area contributed by atoms with E-state index in [-0.39, 0.29) is 41.2 Å². The monoisotopic (exact) mass is 713 g/mol. The number of carbonyl (C=O) groups excluding carboxylic acids is 2. The van der Waals surface area contributed by atoms with Crippen molar-refractivity contribution in [2.75, 3.05) is 51.3 Å². The number of aryl methyl sites for hydroxylation is 2. The molecule has 2 aliphatic heterocycles. The Morgan fingerprint density at radius 3 is 1.65 bits per heavy atom. The van der Waals surface area contributed by atoms with E-state index in [4.69, 9.17) is 4.74 Å². The van der Waals surface area contributed by atoms with E-state index in [1.54, 1.807) is 29.8 Å². The Bertz CT molecular complexity index is 1320. The molecule has 0 bridgehead atoms. The van der Waals surface area contributed by atoms with Gasteiger partial charge >= 0.3 is 0 Å². The number of para-hydroxylation sites is 2. The van der Waals surface area contributed by atoms with Gasteiger partial charge in [0.25, 0.3) is 11.8 Å². The fourth-order valence-corrected chi connectivity index (χ4v) is 6.84. The Morgan fingerprint density at radius 2 is 1.21 bits per heavy atom. The van der Waals surface area contributed by atoms with Crippen LogP contribution in [0.4, 0.5) is 5.69 Å². The molecular weight excluding hydrogens is 670 g/mol. The quantitative estimate of drug-likeness (QED) is 0.280. The molecule has 2 aliphatic rings. The van der Waals surface area contributed by atoms with E-state index in [2.05, 4.69) is 53.3 Å². The van der Waals surface area contributed by atoms with Crippen LogP contribution in [0.15, 0.2) is 35.3 Å². The zero-order chi connectivity index (χ0) is 29.4. The fourth-order valence-electron chi connectivity index (χ4n) is 5.23. The molecule has 0 saturated carbocycles. The maximum absolute atomic E-state index is 12.6. The van der Waals surface area contributed by atoms with Crippen LogP contribution in [0.1, 0.15) is 46.8 Å². The van der Waals surface area contributed by atoms with Crippen molar-refractivity contribution in [2.45, 2.75) is 66.5 Å². The molecule has 2 fully saturated rings. The lowest BCUT2D eigenvalue weighted by Gasteiger charge is -2.36. The number of hydrogen-bond acceptors (Lipinski definition) is 6. The summed E-state index contributed by atoms with van der Waals surface area (Å²) < 4.78 is 9.57. The fraction of sp³-hybridized carbons (Fsp3) is 0.548. The summed E-state index contributed by atoms with van der Waals surface area (Å²) in [5.41, 5.74) is 7.60. The largest absolute Gasteiger partial charge is 1.00 e. The first kappa shape index (κ1) is 37.0. The van der Waals surface area contributed by atoms with Crippen molar-refractivity contribution >= 4 is 40.2 Å². The number of methoxy groups -OCH3 is 1. The highest BCUT2D eigenvalue weighted by atomic mass is 79.9. The number of benzene rings is 1. The first-order valence-corrected chi connectivity index (χ1v) is 16.4. The van der Waals surface area contributed by atoms with Gasteiger partial charge in [0, 0.05) is 53.1 Å². The number of likely N-dealkylation sites (tertiary alicyclic amines) is 1. The maximum atomic E-state index is 12.6. The average Bonchev–Trinajstić information content (AvgIpc) is 3.32. The number of aromatic nitrogens is 2. The minimum Gasteiger partial charge on any atom is -1.00 e. The average molecular weight is 715 g/mol. The molecule has 1 aromatic carbocycles. The molecule has 4 heterocycles. The summed E-state index contributed by atoms with van der Waals surface area (Å²) >= 11 is 3.41. The van der Waals surface area contributed by atoms with Crippen LogP contribution in [-0.4, -0.2) is 68.0 Å². The number of amides is 2. The Morgan fingerprint density at radius 1 is 0.744 bits per heavy atom. The molecule has 5 rings (SSSR count). The molecule has 8 nitrogen and oxygen atoms in total. The third-order valence-corrected chi connectivity index (χ3v) is 10.2. The van der Waals surface area contributed by atoms with Crippen molar-refractivity contribution in [3.05, 3.63) is 56.4 Å². The van der Waals surface area contributed by atoms with E-state index in [0.717, 1.165) is 63.5 Å². The number of nitrogens with zero attached hydrogens (tertiary/aromatic N) is 5. The summed E-state index contributed by atoms with van der Waals surface area (Å²) in [6.45, 7) is 14.3. The van der Waals surface area contributed by atoms with Gasteiger partial charge < -0.3 is 48.8 Å². The number of piperazine rings is 1. The molecule has 2 aromatic heterocycles.